The summed E-state index contributed by atoms with van der Waals surface area (Å²) in [6.45, 7) is 8.35. The van der Waals surface area contributed by atoms with Gasteiger partial charge in [-0.3, -0.25) is 9.59 Å². The molecule has 1 aromatic rings. The van der Waals surface area contributed by atoms with Crippen LogP contribution in [-0.2, 0) is 16.0 Å². The molecule has 0 aromatic heterocycles. The number of benzene rings is 1. The fourth-order valence-electron chi connectivity index (χ4n) is 4.36. The minimum atomic E-state index is -0.595. The molecule has 1 aliphatic heterocycles. The molecule has 2 N–H and O–H groups in total. The quantitative estimate of drug-likeness (QED) is 0.424. The largest absolute Gasteiger partial charge is 0.344 e. The molecule has 7 heteroatoms. The van der Waals surface area contributed by atoms with Crippen LogP contribution < -0.4 is 10.6 Å². The first-order valence-corrected chi connectivity index (χ1v) is 13.1. The summed E-state index contributed by atoms with van der Waals surface area (Å²) in [7, 11) is 0. The third kappa shape index (κ3) is 9.35. The smallest absolute Gasteiger partial charge is 0.317 e. The molecule has 1 aromatic carbocycles. The summed E-state index contributed by atoms with van der Waals surface area (Å²) in [6.07, 6.45) is 8.30. The summed E-state index contributed by atoms with van der Waals surface area (Å²) in [5.41, 5.74) is 1.02. The lowest BCUT2D eigenvalue weighted by atomic mass is 10.0. The van der Waals surface area contributed by atoms with Gasteiger partial charge in [0.15, 0.2) is 0 Å². The van der Waals surface area contributed by atoms with Crippen molar-refractivity contribution < 1.29 is 14.4 Å². The molecule has 190 valence electrons. The number of rotatable bonds is 13. The van der Waals surface area contributed by atoms with E-state index >= 15 is 0 Å². The molecule has 0 bridgehead atoms. The van der Waals surface area contributed by atoms with Crippen LogP contribution in [0.25, 0.3) is 0 Å². The fourth-order valence-corrected chi connectivity index (χ4v) is 4.36. The van der Waals surface area contributed by atoms with Gasteiger partial charge in [0.1, 0.15) is 6.04 Å². The first kappa shape index (κ1) is 27.7. The number of urea groups is 1. The molecule has 34 heavy (non-hydrogen) atoms. The maximum atomic E-state index is 13.5. The van der Waals surface area contributed by atoms with Gasteiger partial charge in [0.2, 0.25) is 11.8 Å². The lowest BCUT2D eigenvalue weighted by molar-refractivity contribution is -0.138. The first-order chi connectivity index (χ1) is 16.5. The van der Waals surface area contributed by atoms with E-state index in [1.165, 1.54) is 12.8 Å². The van der Waals surface area contributed by atoms with Crippen LogP contribution in [0.5, 0.6) is 0 Å². The fraction of sp³-hybridized carbons (Fsp3) is 0.667. The summed E-state index contributed by atoms with van der Waals surface area (Å²) in [6, 6.07) is 9.08. The summed E-state index contributed by atoms with van der Waals surface area (Å²) in [4.78, 5) is 42.2. The van der Waals surface area contributed by atoms with Gasteiger partial charge in [-0.15, -0.1) is 0 Å². The van der Waals surface area contributed by atoms with E-state index < -0.39 is 6.04 Å². The minimum Gasteiger partial charge on any atom is -0.344 e. The zero-order valence-corrected chi connectivity index (χ0v) is 21.4. The third-order valence-electron chi connectivity index (χ3n) is 6.43. The Hall–Kier alpha value is -2.57. The van der Waals surface area contributed by atoms with E-state index in [0.717, 1.165) is 37.7 Å². The van der Waals surface area contributed by atoms with Crippen molar-refractivity contribution in [2.45, 2.75) is 90.6 Å². The molecule has 0 aliphatic carbocycles. The average Bonchev–Trinajstić information content (AvgIpc) is 2.83. The Bertz CT molecular complexity index is 756. The molecule has 0 saturated carbocycles. The average molecular weight is 473 g/mol. The molecule has 0 spiro atoms. The third-order valence-corrected chi connectivity index (χ3v) is 6.43. The number of carbonyl (C=O) groups excluding carboxylic acids is 3. The van der Waals surface area contributed by atoms with E-state index in [1.54, 1.807) is 9.80 Å². The van der Waals surface area contributed by atoms with Crippen LogP contribution in [0.2, 0.25) is 0 Å². The predicted octanol–water partition coefficient (Wildman–Crippen LogP) is 4.12. The van der Waals surface area contributed by atoms with Gasteiger partial charge in [0, 0.05) is 45.1 Å². The highest BCUT2D eigenvalue weighted by Gasteiger charge is 2.33. The highest BCUT2D eigenvalue weighted by atomic mass is 16.2. The van der Waals surface area contributed by atoms with Crippen molar-refractivity contribution in [2.75, 3.05) is 26.2 Å². The highest BCUT2D eigenvalue weighted by molar-refractivity contribution is 5.88. The Balaban J connectivity index is 1.96. The molecule has 1 fully saturated rings. The van der Waals surface area contributed by atoms with Crippen LogP contribution in [-0.4, -0.2) is 65.9 Å². The van der Waals surface area contributed by atoms with Gasteiger partial charge in [-0.1, -0.05) is 76.3 Å². The topological polar surface area (TPSA) is 81.8 Å². The number of nitrogens with one attached hydrogen (secondary N) is 2. The molecule has 2 unspecified atom stereocenters. The number of carbonyl (C=O) groups is 3. The van der Waals surface area contributed by atoms with Crippen LogP contribution >= 0.6 is 0 Å². The van der Waals surface area contributed by atoms with E-state index in [1.807, 2.05) is 37.3 Å². The maximum absolute atomic E-state index is 13.5. The second-order valence-corrected chi connectivity index (χ2v) is 9.39. The number of hydrogen-bond acceptors (Lipinski definition) is 3. The minimum absolute atomic E-state index is 0.0623. The number of amides is 4. The molecule has 1 aliphatic rings. The van der Waals surface area contributed by atoms with Gasteiger partial charge in [-0.25, -0.2) is 4.79 Å². The zero-order chi connectivity index (χ0) is 24.8. The Morgan fingerprint density at radius 3 is 2.35 bits per heavy atom. The van der Waals surface area contributed by atoms with Crippen LogP contribution in [0.3, 0.4) is 0 Å². The number of hydrogen-bond donors (Lipinski definition) is 2. The van der Waals surface area contributed by atoms with Crippen molar-refractivity contribution in [1.82, 2.24) is 20.4 Å². The van der Waals surface area contributed by atoms with Crippen LogP contribution in [0.15, 0.2) is 30.3 Å². The van der Waals surface area contributed by atoms with Crippen LogP contribution in [0, 0.1) is 0 Å². The van der Waals surface area contributed by atoms with Crippen molar-refractivity contribution in [2.24, 2.45) is 0 Å². The summed E-state index contributed by atoms with van der Waals surface area (Å²) >= 11 is 0. The van der Waals surface area contributed by atoms with Gasteiger partial charge in [0.05, 0.1) is 0 Å². The molecule has 2 atom stereocenters. The Morgan fingerprint density at radius 2 is 1.68 bits per heavy atom. The Morgan fingerprint density at radius 1 is 0.971 bits per heavy atom. The van der Waals surface area contributed by atoms with E-state index in [0.29, 0.717) is 39.0 Å². The van der Waals surface area contributed by atoms with Gasteiger partial charge in [0.25, 0.3) is 0 Å². The van der Waals surface area contributed by atoms with Crippen LogP contribution in [0.1, 0.15) is 77.7 Å². The summed E-state index contributed by atoms with van der Waals surface area (Å²) in [5.74, 6) is -0.131. The molecule has 1 heterocycles. The van der Waals surface area contributed by atoms with Gasteiger partial charge >= 0.3 is 6.03 Å². The van der Waals surface area contributed by atoms with E-state index in [2.05, 4.69) is 24.5 Å². The van der Waals surface area contributed by atoms with Crippen molar-refractivity contribution >= 4 is 17.8 Å². The van der Waals surface area contributed by atoms with Crippen molar-refractivity contribution in [1.29, 1.82) is 0 Å². The lowest BCUT2D eigenvalue weighted by Crippen LogP contribution is -2.60. The number of piperazine rings is 1. The number of unbranched alkanes of at least 4 members (excludes halogenated alkanes) is 5. The highest BCUT2D eigenvalue weighted by Crippen LogP contribution is 2.14. The van der Waals surface area contributed by atoms with Gasteiger partial charge in [-0.2, -0.15) is 0 Å². The maximum Gasteiger partial charge on any atom is 0.317 e. The van der Waals surface area contributed by atoms with Crippen molar-refractivity contribution in [3.8, 4) is 0 Å². The molecule has 2 rings (SSSR count). The monoisotopic (exact) mass is 472 g/mol. The van der Waals surface area contributed by atoms with Crippen LogP contribution in [0.4, 0.5) is 4.79 Å². The van der Waals surface area contributed by atoms with E-state index in [9.17, 15) is 14.4 Å². The Labute approximate surface area is 205 Å². The predicted molar refractivity (Wildman–Crippen MR) is 137 cm³/mol. The van der Waals surface area contributed by atoms with Crippen molar-refractivity contribution in [3.05, 3.63) is 35.9 Å². The first-order valence-electron chi connectivity index (χ1n) is 13.1. The standard InChI is InChI=1S/C27H44N4O3/c1-4-6-8-9-13-16-25(32)29-24(20-23-14-11-10-12-15-23)26(33)30-18-19-31(22(3)21-30)27(34)28-17-7-5-2/h10-12,14-15,22,24H,4-9,13,16-21H2,1-3H3,(H,28,34)(H,29,32). The molecule has 0 radical (unpaired) electrons. The van der Waals surface area contributed by atoms with Gasteiger partial charge in [-0.05, 0) is 25.3 Å². The SMILES string of the molecule is CCCCCCCC(=O)NC(Cc1ccccc1)C(=O)N1CCN(C(=O)NCCCC)C(C)C1. The molecular formula is C27H44N4O3. The lowest BCUT2D eigenvalue weighted by Gasteiger charge is -2.41. The van der Waals surface area contributed by atoms with E-state index in [4.69, 9.17) is 0 Å². The normalized spacial score (nSPS) is 16.7. The van der Waals surface area contributed by atoms with Gasteiger partial charge < -0.3 is 20.4 Å². The van der Waals surface area contributed by atoms with E-state index in [-0.39, 0.29) is 23.9 Å². The second-order valence-electron chi connectivity index (χ2n) is 9.39. The second kappa shape index (κ2) is 15.4. The molecular weight excluding hydrogens is 428 g/mol. The number of nitrogens with zero attached hydrogens (tertiary/aromatic N) is 2. The molecule has 1 saturated heterocycles. The van der Waals surface area contributed by atoms with Crippen molar-refractivity contribution in [3.63, 3.8) is 0 Å². The Kier molecular flexibility index (Phi) is 12.5. The summed E-state index contributed by atoms with van der Waals surface area (Å²) in [5, 5.41) is 5.98. The molecule has 4 amide bonds. The molecule has 7 nitrogen and oxygen atoms in total. The summed E-state index contributed by atoms with van der Waals surface area (Å²) < 4.78 is 0. The zero-order valence-electron chi connectivity index (χ0n) is 21.4.